The molecule has 2 fully saturated rings. The summed E-state index contributed by atoms with van der Waals surface area (Å²) in [5, 5.41) is 36.5. The van der Waals surface area contributed by atoms with Crippen LogP contribution in [0.5, 0.6) is 0 Å². The first-order valence-corrected chi connectivity index (χ1v) is 12.3. The second-order valence-corrected chi connectivity index (χ2v) is 9.62. The molecule has 4 atom stereocenters. The van der Waals surface area contributed by atoms with Gasteiger partial charge in [-0.05, 0) is 47.2 Å². The molecule has 188 valence electrons. The van der Waals surface area contributed by atoms with Crippen molar-refractivity contribution in [2.75, 3.05) is 26.3 Å². The van der Waals surface area contributed by atoms with Gasteiger partial charge < -0.3 is 25.4 Å². The number of aliphatic hydroxyl groups is 3. The first-order valence-electron chi connectivity index (χ1n) is 12.3. The number of hydrogen-bond acceptors (Lipinski definition) is 8. The maximum atomic E-state index is 12.7. The summed E-state index contributed by atoms with van der Waals surface area (Å²) in [6.45, 7) is 5.14. The molecule has 0 bridgehead atoms. The fourth-order valence-electron chi connectivity index (χ4n) is 5.21. The van der Waals surface area contributed by atoms with Crippen molar-refractivity contribution in [2.24, 2.45) is 0 Å². The number of ether oxygens (including phenoxy) is 1. The fraction of sp³-hybridized carbons (Fsp3) is 0.500. The van der Waals surface area contributed by atoms with Crippen LogP contribution in [0.25, 0.3) is 0 Å². The Hall–Kier alpha value is -2.37. The van der Waals surface area contributed by atoms with Crippen LogP contribution in [0, 0.1) is 0 Å². The number of fused-ring (bicyclic) bond motifs is 1. The summed E-state index contributed by atoms with van der Waals surface area (Å²) in [6.07, 6.45) is -1.32. The van der Waals surface area contributed by atoms with Gasteiger partial charge in [0, 0.05) is 38.3 Å². The standard InChI is InChI=1S/C26H34N4O5/c31-23-8-7-22(25(33)28-23)30-16-20-13-18(3-6-21(20)26(30)34)14-27-24(32)19-4-1-17(2-5-19)15-29-9-11-35-12-10-29/h1-6,13,22-23,25-26,28,31,33-34H,7-12,14-16H2,(H,27,32). The predicted molar refractivity (Wildman–Crippen MR) is 129 cm³/mol. The van der Waals surface area contributed by atoms with Crippen LogP contribution in [0.4, 0.5) is 0 Å². The second kappa shape index (κ2) is 10.7. The molecule has 0 aromatic heterocycles. The van der Waals surface area contributed by atoms with Gasteiger partial charge in [-0.1, -0.05) is 30.3 Å². The Morgan fingerprint density at radius 2 is 1.77 bits per heavy atom. The summed E-state index contributed by atoms with van der Waals surface area (Å²) < 4.78 is 5.39. The average molecular weight is 483 g/mol. The molecular formula is C26H34N4O5. The highest BCUT2D eigenvalue weighted by Crippen LogP contribution is 2.36. The fourth-order valence-corrected chi connectivity index (χ4v) is 5.21. The monoisotopic (exact) mass is 482 g/mol. The van der Waals surface area contributed by atoms with Gasteiger partial charge in [0.2, 0.25) is 0 Å². The molecular weight excluding hydrogens is 448 g/mol. The predicted octanol–water partition coefficient (Wildman–Crippen LogP) is 0.644. The third-order valence-corrected chi connectivity index (χ3v) is 7.22. The average Bonchev–Trinajstić information content (AvgIpc) is 3.19. The second-order valence-electron chi connectivity index (χ2n) is 9.62. The molecule has 0 aliphatic carbocycles. The topological polar surface area (TPSA) is 118 Å². The molecule has 3 aliphatic rings. The Morgan fingerprint density at radius 3 is 2.51 bits per heavy atom. The first kappa shape index (κ1) is 24.3. The molecule has 4 unspecified atom stereocenters. The molecule has 1 amide bonds. The van der Waals surface area contributed by atoms with Crippen molar-refractivity contribution in [1.82, 2.24) is 20.4 Å². The molecule has 0 spiro atoms. The molecule has 5 rings (SSSR count). The van der Waals surface area contributed by atoms with Crippen LogP contribution in [0.2, 0.25) is 0 Å². The van der Waals surface area contributed by atoms with Gasteiger partial charge in [-0.3, -0.25) is 19.9 Å². The highest BCUT2D eigenvalue weighted by molar-refractivity contribution is 5.94. The van der Waals surface area contributed by atoms with Crippen molar-refractivity contribution in [3.05, 3.63) is 70.3 Å². The minimum absolute atomic E-state index is 0.125. The number of aliphatic hydroxyl groups excluding tert-OH is 3. The lowest BCUT2D eigenvalue weighted by molar-refractivity contribution is -0.104. The summed E-state index contributed by atoms with van der Waals surface area (Å²) in [5.74, 6) is -0.125. The highest BCUT2D eigenvalue weighted by Gasteiger charge is 2.39. The van der Waals surface area contributed by atoms with Crippen LogP contribution >= 0.6 is 0 Å². The van der Waals surface area contributed by atoms with E-state index in [1.54, 1.807) is 0 Å². The Morgan fingerprint density at radius 1 is 1.03 bits per heavy atom. The summed E-state index contributed by atoms with van der Waals surface area (Å²) in [4.78, 5) is 16.9. The van der Waals surface area contributed by atoms with Crippen LogP contribution in [0.1, 0.15) is 51.7 Å². The Labute approximate surface area is 205 Å². The lowest BCUT2D eigenvalue weighted by atomic mass is 10.0. The number of amides is 1. The van der Waals surface area contributed by atoms with E-state index >= 15 is 0 Å². The minimum atomic E-state index is -0.901. The van der Waals surface area contributed by atoms with E-state index in [0.29, 0.717) is 31.5 Å². The smallest absolute Gasteiger partial charge is 0.251 e. The zero-order valence-electron chi connectivity index (χ0n) is 19.8. The third kappa shape index (κ3) is 5.57. The van der Waals surface area contributed by atoms with Crippen molar-refractivity contribution in [3.8, 4) is 0 Å². The van der Waals surface area contributed by atoms with Gasteiger partial charge in [0.15, 0.2) is 0 Å². The molecule has 3 heterocycles. The number of piperidine rings is 1. The zero-order chi connectivity index (χ0) is 24.4. The lowest BCUT2D eigenvalue weighted by Crippen LogP contribution is -2.56. The number of benzene rings is 2. The summed E-state index contributed by atoms with van der Waals surface area (Å²) in [6, 6.07) is 13.3. The lowest BCUT2D eigenvalue weighted by Gasteiger charge is -2.39. The molecule has 2 saturated heterocycles. The molecule has 35 heavy (non-hydrogen) atoms. The SMILES string of the molecule is O=C(NCc1ccc2c(c1)CN(C1CCC(O)NC1O)C2O)c1ccc(CN2CCOCC2)cc1. The third-order valence-electron chi connectivity index (χ3n) is 7.22. The molecule has 2 aromatic rings. The van der Waals surface area contributed by atoms with Gasteiger partial charge in [-0.2, -0.15) is 0 Å². The van der Waals surface area contributed by atoms with Gasteiger partial charge in [-0.15, -0.1) is 0 Å². The number of nitrogens with zero attached hydrogens (tertiary/aromatic N) is 2. The summed E-state index contributed by atoms with van der Waals surface area (Å²) >= 11 is 0. The Balaban J connectivity index is 1.16. The van der Waals surface area contributed by atoms with Crippen molar-refractivity contribution in [1.29, 1.82) is 0 Å². The molecule has 2 aromatic carbocycles. The van der Waals surface area contributed by atoms with Crippen LogP contribution in [-0.2, 0) is 24.4 Å². The van der Waals surface area contributed by atoms with Gasteiger partial charge in [0.25, 0.3) is 5.91 Å². The number of morpholine rings is 1. The number of nitrogens with one attached hydrogen (secondary N) is 2. The van der Waals surface area contributed by atoms with E-state index in [1.165, 1.54) is 5.56 Å². The molecule has 3 aliphatic heterocycles. The van der Waals surface area contributed by atoms with E-state index in [0.717, 1.165) is 49.5 Å². The van der Waals surface area contributed by atoms with Gasteiger partial charge in [0.1, 0.15) is 18.7 Å². The van der Waals surface area contributed by atoms with Gasteiger partial charge in [0.05, 0.1) is 19.3 Å². The quantitative estimate of drug-likeness (QED) is 0.407. The van der Waals surface area contributed by atoms with E-state index in [2.05, 4.69) is 15.5 Å². The van der Waals surface area contributed by atoms with Gasteiger partial charge >= 0.3 is 0 Å². The molecule has 9 heteroatoms. The Bertz CT molecular complexity index is 1030. The minimum Gasteiger partial charge on any atom is -0.379 e. The maximum Gasteiger partial charge on any atom is 0.251 e. The van der Waals surface area contributed by atoms with Crippen molar-refractivity contribution < 1.29 is 24.9 Å². The van der Waals surface area contributed by atoms with Crippen LogP contribution in [0.3, 0.4) is 0 Å². The van der Waals surface area contributed by atoms with Crippen LogP contribution < -0.4 is 10.6 Å². The van der Waals surface area contributed by atoms with E-state index in [-0.39, 0.29) is 11.9 Å². The highest BCUT2D eigenvalue weighted by atomic mass is 16.5. The molecule has 0 radical (unpaired) electrons. The first-order chi connectivity index (χ1) is 17.0. The number of carbonyl (C=O) groups is 1. The zero-order valence-corrected chi connectivity index (χ0v) is 19.8. The largest absolute Gasteiger partial charge is 0.379 e. The maximum absolute atomic E-state index is 12.7. The van der Waals surface area contributed by atoms with E-state index in [4.69, 9.17) is 4.74 Å². The van der Waals surface area contributed by atoms with Gasteiger partial charge in [-0.25, -0.2) is 0 Å². The van der Waals surface area contributed by atoms with E-state index in [9.17, 15) is 20.1 Å². The molecule has 0 saturated carbocycles. The van der Waals surface area contributed by atoms with Crippen molar-refractivity contribution in [3.63, 3.8) is 0 Å². The summed E-state index contributed by atoms with van der Waals surface area (Å²) in [7, 11) is 0. The molecule has 9 nitrogen and oxygen atoms in total. The number of hydrogen-bond donors (Lipinski definition) is 5. The number of carbonyl (C=O) groups excluding carboxylic acids is 1. The normalized spacial score (nSPS) is 27.5. The van der Waals surface area contributed by atoms with Crippen LogP contribution in [-0.4, -0.2) is 75.8 Å². The van der Waals surface area contributed by atoms with Crippen molar-refractivity contribution >= 4 is 5.91 Å². The summed E-state index contributed by atoms with van der Waals surface area (Å²) in [5.41, 5.74) is 4.55. The Kier molecular flexibility index (Phi) is 7.45. The van der Waals surface area contributed by atoms with E-state index < -0.39 is 18.7 Å². The number of rotatable bonds is 6. The van der Waals surface area contributed by atoms with Crippen molar-refractivity contribution in [2.45, 2.75) is 57.2 Å². The van der Waals surface area contributed by atoms with E-state index in [1.807, 2.05) is 47.4 Å². The van der Waals surface area contributed by atoms with Crippen LogP contribution in [0.15, 0.2) is 42.5 Å². The molecule has 5 N–H and O–H groups in total.